The predicted octanol–water partition coefficient (Wildman–Crippen LogP) is 0.770. The molecular weight excluding hydrogens is 104 g/mol. The molecule has 0 saturated carbocycles. The Morgan fingerprint density at radius 2 is 2.50 bits per heavy atom. The molecule has 3 nitrogen and oxygen atoms in total. The number of nitrogens with zero attached hydrogens (tertiary/aromatic N) is 2. The number of hydrogen-bond donors (Lipinski definition) is 1. The van der Waals surface area contributed by atoms with Crippen molar-refractivity contribution in [3.63, 3.8) is 0 Å². The van der Waals surface area contributed by atoms with E-state index < -0.39 is 0 Å². The van der Waals surface area contributed by atoms with Gasteiger partial charge in [-0.1, -0.05) is 6.92 Å². The molecule has 0 aliphatic carbocycles. The van der Waals surface area contributed by atoms with Gasteiger partial charge in [0.1, 0.15) is 0 Å². The second-order valence-corrected chi connectivity index (χ2v) is 1.55. The lowest BCUT2D eigenvalue weighted by atomic mass is 10.2. The van der Waals surface area contributed by atoms with Crippen molar-refractivity contribution >= 4 is 5.90 Å². The maximum absolute atomic E-state index is 8.78. The second kappa shape index (κ2) is 1.86. The van der Waals surface area contributed by atoms with Gasteiger partial charge in [-0.05, 0) is 6.42 Å². The van der Waals surface area contributed by atoms with Crippen LogP contribution in [0.5, 0.6) is 0 Å². The Balaban J connectivity index is 2.66. The summed E-state index contributed by atoms with van der Waals surface area (Å²) in [6, 6.07) is 0. The molecule has 3 heteroatoms. The minimum absolute atomic E-state index is 0.0625. The average molecular weight is 111 g/mol. The van der Waals surface area contributed by atoms with E-state index in [1.54, 1.807) is 6.20 Å². The first-order valence-electron chi connectivity index (χ1n) is 2.50. The largest absolute Gasteiger partial charge is 0.492 e. The molecule has 1 heterocycles. The molecule has 1 N–H and O–H groups in total. The van der Waals surface area contributed by atoms with E-state index in [0.717, 1.165) is 12.0 Å². The monoisotopic (exact) mass is 111 g/mol. The first-order chi connectivity index (χ1) is 3.84. The minimum atomic E-state index is 0.0625. The topological polar surface area (TPSA) is 46.7 Å². The number of rotatable bonds is 1. The summed E-state index contributed by atoms with van der Waals surface area (Å²) in [6.07, 6.45) is 2.36. The highest BCUT2D eigenvalue weighted by Crippen LogP contribution is 2.04. The van der Waals surface area contributed by atoms with Gasteiger partial charge >= 0.3 is 0 Å². The van der Waals surface area contributed by atoms with Crippen LogP contribution in [0.15, 0.2) is 16.9 Å². The van der Waals surface area contributed by atoms with Gasteiger partial charge in [0.25, 0.3) is 0 Å². The van der Waals surface area contributed by atoms with Crippen LogP contribution < -0.4 is 5.43 Å². The van der Waals surface area contributed by atoms with Crippen molar-refractivity contribution in [3.8, 4) is 0 Å². The highest BCUT2D eigenvalue weighted by molar-refractivity contribution is 5.92. The maximum atomic E-state index is 8.78. The lowest BCUT2D eigenvalue weighted by Gasteiger charge is -1.88. The third-order valence-corrected chi connectivity index (χ3v) is 1.03. The lowest BCUT2D eigenvalue weighted by Crippen LogP contribution is -1.94. The zero-order chi connectivity index (χ0) is 5.98. The van der Waals surface area contributed by atoms with E-state index in [-0.39, 0.29) is 5.90 Å². The molecule has 0 saturated heterocycles. The quantitative estimate of drug-likeness (QED) is 0.533. The van der Waals surface area contributed by atoms with Gasteiger partial charge in [0.2, 0.25) is 5.90 Å². The van der Waals surface area contributed by atoms with E-state index in [1.807, 2.05) is 6.92 Å². The highest BCUT2D eigenvalue weighted by Gasteiger charge is 2.07. The maximum Gasteiger partial charge on any atom is 0.235 e. The van der Waals surface area contributed by atoms with E-state index in [0.29, 0.717) is 0 Å². The van der Waals surface area contributed by atoms with Crippen LogP contribution in [0.1, 0.15) is 13.3 Å². The van der Waals surface area contributed by atoms with Gasteiger partial charge in [0, 0.05) is 5.57 Å². The molecule has 0 atom stereocenters. The summed E-state index contributed by atoms with van der Waals surface area (Å²) < 4.78 is 0. The summed E-state index contributed by atoms with van der Waals surface area (Å²) in [5.74, 6) is 0.0625. The summed E-state index contributed by atoms with van der Waals surface area (Å²) in [4.78, 5) is 0. The molecule has 0 bridgehead atoms. The van der Waals surface area contributed by atoms with E-state index in [1.165, 1.54) is 0 Å². The van der Waals surface area contributed by atoms with Gasteiger partial charge < -0.3 is 5.11 Å². The summed E-state index contributed by atoms with van der Waals surface area (Å²) in [6.45, 7) is 1.94. The van der Waals surface area contributed by atoms with E-state index in [2.05, 4.69) is 10.5 Å². The predicted molar refractivity (Wildman–Crippen MR) is 30.6 cm³/mol. The molecule has 43 valence electrons. The smallest absolute Gasteiger partial charge is 0.235 e. The first-order valence-corrected chi connectivity index (χ1v) is 2.50. The molecule has 0 fully saturated rings. The van der Waals surface area contributed by atoms with Crippen LogP contribution in [0.25, 0.3) is 0 Å². The van der Waals surface area contributed by atoms with Crippen molar-refractivity contribution in [3.05, 3.63) is 11.8 Å². The van der Waals surface area contributed by atoms with Crippen LogP contribution in [0.2, 0.25) is 0 Å². The van der Waals surface area contributed by atoms with Crippen molar-refractivity contribution in [2.75, 3.05) is 0 Å². The third-order valence-electron chi connectivity index (χ3n) is 1.03. The Kier molecular flexibility index (Phi) is 1.20. The van der Waals surface area contributed by atoms with Crippen LogP contribution in [-0.2, 0) is 0 Å². The molecule has 0 amide bonds. The summed E-state index contributed by atoms with van der Waals surface area (Å²) in [7, 11) is 0. The van der Waals surface area contributed by atoms with E-state index >= 15 is 0 Å². The molecule has 1 aliphatic heterocycles. The van der Waals surface area contributed by atoms with E-state index in [9.17, 15) is 0 Å². The fourth-order valence-corrected chi connectivity index (χ4v) is 0.525. The molecule has 0 unspecified atom stereocenters. The molecule has 0 aromatic carbocycles. The van der Waals surface area contributed by atoms with Crippen LogP contribution in [0, 0.1) is 0 Å². The average Bonchev–Trinajstić information content (AvgIpc) is 2.14. The van der Waals surface area contributed by atoms with Gasteiger partial charge in [-0.25, -0.2) is 0 Å². The van der Waals surface area contributed by atoms with Crippen LogP contribution in [-0.4, -0.2) is 11.0 Å². The molecule has 1 radical (unpaired) electrons. The van der Waals surface area contributed by atoms with Crippen LogP contribution in [0.3, 0.4) is 0 Å². The lowest BCUT2D eigenvalue weighted by molar-refractivity contribution is 0.548. The van der Waals surface area contributed by atoms with Gasteiger partial charge in [0.05, 0.1) is 6.20 Å². The van der Waals surface area contributed by atoms with E-state index in [4.69, 9.17) is 5.11 Å². The first kappa shape index (κ1) is 5.15. The zero-order valence-electron chi connectivity index (χ0n) is 4.63. The molecule has 8 heavy (non-hydrogen) atoms. The fraction of sp³-hybridized carbons (Fsp3) is 0.400. The zero-order valence-corrected chi connectivity index (χ0v) is 4.63. The number of aliphatic hydroxyl groups is 1. The summed E-state index contributed by atoms with van der Waals surface area (Å²) >= 11 is 0. The fourth-order valence-electron chi connectivity index (χ4n) is 0.525. The van der Waals surface area contributed by atoms with Gasteiger partial charge in [0.15, 0.2) is 0 Å². The third kappa shape index (κ3) is 0.665. The van der Waals surface area contributed by atoms with Crippen molar-refractivity contribution in [1.29, 1.82) is 0 Å². The normalized spacial score (nSPS) is 17.1. The van der Waals surface area contributed by atoms with Crippen LogP contribution in [0.4, 0.5) is 0 Å². The number of hydrogen-bond acceptors (Lipinski definition) is 1. The molecule has 0 spiro atoms. The molecule has 0 aromatic rings. The SMILES string of the molecule is CCC1=C[N]N=C1O. The minimum Gasteiger partial charge on any atom is -0.492 e. The Labute approximate surface area is 47.7 Å². The molecule has 0 aromatic heterocycles. The standard InChI is InChI=1S/C5H7N2O/c1-2-4-3-6-7-5(4)8/h3H,2H2,1H3,(H,7,8). The van der Waals surface area contributed by atoms with Gasteiger partial charge in [-0.2, -0.15) is 5.43 Å². The molecule has 1 rings (SSSR count). The van der Waals surface area contributed by atoms with Gasteiger partial charge in [-0.15, -0.1) is 5.10 Å². The second-order valence-electron chi connectivity index (χ2n) is 1.55. The Morgan fingerprint density at radius 1 is 1.75 bits per heavy atom. The Hall–Kier alpha value is -0.990. The number of aliphatic hydroxyl groups excluding tert-OH is 1. The van der Waals surface area contributed by atoms with Gasteiger partial charge in [-0.3, -0.25) is 0 Å². The molecular formula is C5H7N2O. The van der Waals surface area contributed by atoms with Crippen LogP contribution >= 0.6 is 0 Å². The highest BCUT2D eigenvalue weighted by atomic mass is 16.3. The van der Waals surface area contributed by atoms with Crippen molar-refractivity contribution < 1.29 is 5.11 Å². The van der Waals surface area contributed by atoms with Crippen molar-refractivity contribution in [1.82, 2.24) is 5.43 Å². The van der Waals surface area contributed by atoms with Crippen molar-refractivity contribution in [2.45, 2.75) is 13.3 Å². The van der Waals surface area contributed by atoms with Crippen molar-refractivity contribution in [2.24, 2.45) is 5.10 Å². The summed E-state index contributed by atoms with van der Waals surface area (Å²) in [5, 5.41) is 12.2. The molecule has 1 aliphatic rings. The Bertz CT molecular complexity index is 149. The Morgan fingerprint density at radius 3 is 2.75 bits per heavy atom. The summed E-state index contributed by atoms with van der Waals surface area (Å²) in [5.41, 5.74) is 4.30.